The third kappa shape index (κ3) is 35.9. The molecule has 3 fully saturated rings. The number of hydrogen-bond donors (Lipinski definition) is 8. The van der Waals surface area contributed by atoms with Crippen LogP contribution in [0, 0.1) is 38.1 Å². The number of aliphatic hydroxyl groups is 5. The first kappa shape index (κ1) is 112. The molecule has 0 saturated carbocycles. The summed E-state index contributed by atoms with van der Waals surface area (Å²) in [6.45, 7) is 43.1. The highest BCUT2D eigenvalue weighted by Crippen LogP contribution is 2.41. The van der Waals surface area contributed by atoms with Crippen molar-refractivity contribution in [2.45, 2.75) is 142 Å². The standard InChI is InChI=1S/3C26H36ClIN2O3.C25H31ClIN3O4/c3*1-19(15-27)17-33-25-9-6-21(14-24(25)28)26(2,3)20-4-7-23(8-5-20)32-18-22(31)16-30-12-10-29-11-13-30;1-17(12-26)15-33-21-8-4-18(5-9-21)25(2,3)19-6-10-22(11-7-19)34-16-20(32)13-30-23(14-31)24(27)28-29-30/h3*4-9,14,19,22,29,31H,10-13,15-18H2,1-3H3;4-11,17,20,31-32H,12-16H2,1-3H3/t2*19-,22+;19-,22-;/m100./s1/i3*28-4;27-4. The molecule has 0 spiro atoms. The van der Waals surface area contributed by atoms with E-state index in [1.165, 1.54) is 43.6 Å². The van der Waals surface area contributed by atoms with Crippen LogP contribution in [0.4, 0.5) is 0 Å². The van der Waals surface area contributed by atoms with Crippen LogP contribution in [0.15, 0.2) is 176 Å². The van der Waals surface area contributed by atoms with Crippen LogP contribution in [0.2, 0.25) is 0 Å². The van der Waals surface area contributed by atoms with Crippen molar-refractivity contribution in [1.29, 1.82) is 0 Å². The third-order valence-electron chi connectivity index (χ3n) is 24.1. The van der Waals surface area contributed by atoms with Gasteiger partial charge in [-0.3, -0.25) is 14.7 Å². The number of piperazine rings is 3. The average Bonchev–Trinajstić information content (AvgIpc) is 1.05. The second-order valence-corrected chi connectivity index (χ2v) is 42.8. The molecule has 8 N–H and O–H groups in total. The number of rotatable bonds is 45. The second-order valence-electron chi connectivity index (χ2n) is 37.0. The van der Waals surface area contributed by atoms with Gasteiger partial charge in [-0.05, 0) is 232 Å². The number of halogens is 8. The van der Waals surface area contributed by atoms with Gasteiger partial charge in [0.15, 0.2) is 0 Å². The Morgan fingerprint density at radius 2 is 0.541 bits per heavy atom. The van der Waals surface area contributed by atoms with Gasteiger partial charge in [0.25, 0.3) is 0 Å². The molecule has 12 rings (SSSR count). The van der Waals surface area contributed by atoms with Gasteiger partial charge in [0.05, 0.1) is 56.0 Å². The van der Waals surface area contributed by atoms with Crippen LogP contribution < -0.4 is 53.8 Å². The minimum absolute atomic E-state index is 0.105. The summed E-state index contributed by atoms with van der Waals surface area (Å²) in [7, 11) is 0. The molecule has 0 radical (unpaired) electrons. The van der Waals surface area contributed by atoms with Crippen LogP contribution >= 0.6 is 137 Å². The second kappa shape index (κ2) is 56.4. The largest absolute Gasteiger partial charge is 0.493 e. The molecule has 30 heteroatoms. The number of aromatic nitrogens is 3. The summed E-state index contributed by atoms with van der Waals surface area (Å²) in [4.78, 5) is 6.81. The summed E-state index contributed by atoms with van der Waals surface area (Å²) in [6.07, 6.45) is -2.26. The lowest BCUT2D eigenvalue weighted by Crippen LogP contribution is -2.47. The van der Waals surface area contributed by atoms with Crippen molar-refractivity contribution in [3.05, 3.63) is 241 Å². The Bertz CT molecular complexity index is 4520. The van der Waals surface area contributed by atoms with Gasteiger partial charge in [0.2, 0.25) is 0 Å². The molecule has 9 aromatic rings. The molecule has 730 valence electrons. The molecule has 3 aliphatic rings. The zero-order valence-electron chi connectivity index (χ0n) is 79.1. The Balaban J connectivity index is 0.000000199. The quantitative estimate of drug-likeness (QED) is 0.0130. The first-order valence-corrected chi connectivity index (χ1v) is 52.5. The van der Waals surface area contributed by atoms with Crippen molar-refractivity contribution < 1.29 is 63.4 Å². The van der Waals surface area contributed by atoms with Crippen LogP contribution in [0.5, 0.6) is 46.0 Å². The maximum absolute atomic E-state index is 10.3. The molecular weight excluding hydrogens is 2200 g/mol. The third-order valence-corrected chi connectivity index (χ3v) is 29.6. The Morgan fingerprint density at radius 3 is 0.774 bits per heavy atom. The molecule has 0 bridgehead atoms. The van der Waals surface area contributed by atoms with Gasteiger partial charge < -0.3 is 79.4 Å². The van der Waals surface area contributed by atoms with Gasteiger partial charge >= 0.3 is 0 Å². The van der Waals surface area contributed by atoms with E-state index in [1.807, 2.05) is 95.4 Å². The maximum atomic E-state index is 10.3. The molecule has 4 heterocycles. The molecule has 22 nitrogen and oxygen atoms in total. The smallest absolute Gasteiger partial charge is 0.149 e. The summed E-state index contributed by atoms with van der Waals surface area (Å²) in [5.74, 6) is 10.2. The predicted molar refractivity (Wildman–Crippen MR) is 572 cm³/mol. The fraction of sp³-hybridized carbons (Fsp3) is 0.515. The van der Waals surface area contributed by atoms with Crippen molar-refractivity contribution in [3.8, 4) is 46.0 Å². The SMILES string of the molecule is CC(CCl)COc1ccc(C(C)(C)c2ccc(OCC(O)Cn3nnc([123I])c3CO)cc2)cc1.C[C@@H](CCl)COc1ccc(C(C)(C)c2ccc(OC[C@@H](O)CN3CCNCC3)cc2)cc1[123I].C[C@@H](CCl)COc1ccc(C(C)(C)c2ccc(OC[C@H](O)CN3CCNCC3)cc2)cc1[123I].C[C@H](CCl)COc1ccc(C(C)(C)c2ccc(OC[C@@H](O)CN3CCNCC3)cc2)cc1[123I]. The van der Waals surface area contributed by atoms with Crippen molar-refractivity contribution in [2.24, 2.45) is 23.7 Å². The fourth-order valence-corrected chi connectivity index (χ4v) is 17.9. The van der Waals surface area contributed by atoms with Crippen molar-refractivity contribution >= 4 is 137 Å². The molecule has 2 unspecified atom stereocenters. The number of aliphatic hydroxyl groups excluding tert-OH is 5. The Kier molecular flexibility index (Phi) is 47.3. The van der Waals surface area contributed by atoms with E-state index < -0.39 is 24.4 Å². The van der Waals surface area contributed by atoms with Crippen LogP contribution in [0.25, 0.3) is 0 Å². The number of ether oxygens (including phenoxy) is 8. The van der Waals surface area contributed by atoms with Crippen LogP contribution in [0.3, 0.4) is 0 Å². The van der Waals surface area contributed by atoms with Crippen LogP contribution in [-0.2, 0) is 34.8 Å². The molecule has 1 aromatic heterocycles. The number of hydrogen-bond acceptors (Lipinski definition) is 21. The first-order chi connectivity index (χ1) is 63.6. The molecule has 8 atom stereocenters. The highest BCUT2D eigenvalue weighted by Gasteiger charge is 2.30. The van der Waals surface area contributed by atoms with E-state index >= 15 is 0 Å². The van der Waals surface area contributed by atoms with E-state index in [0.29, 0.717) is 128 Å². The van der Waals surface area contributed by atoms with Gasteiger partial charge in [-0.15, -0.1) is 51.5 Å². The topological polar surface area (TPSA) is 252 Å². The van der Waals surface area contributed by atoms with Gasteiger partial charge in [-0.1, -0.05) is 167 Å². The monoisotopic (exact) mass is 2340 g/mol. The molecule has 3 saturated heterocycles. The van der Waals surface area contributed by atoms with Gasteiger partial charge in [-0.2, -0.15) is 0 Å². The Hall–Kier alpha value is -5.06. The van der Waals surface area contributed by atoms with Crippen molar-refractivity contribution in [1.82, 2.24) is 45.6 Å². The van der Waals surface area contributed by atoms with Gasteiger partial charge in [0, 0.05) is 167 Å². The number of β-amino-alcohol motifs (C(OH)–C–C–N with tert-alkyl or cyclic N) is 3. The van der Waals surface area contributed by atoms with Gasteiger partial charge in [-0.25, -0.2) is 4.68 Å². The van der Waals surface area contributed by atoms with Crippen LogP contribution in [-0.4, -0.2) is 254 Å². The normalized spacial score (nSPS) is 16.0. The summed E-state index contributed by atoms with van der Waals surface area (Å²) in [6, 6.07) is 59.8. The molecule has 8 aromatic carbocycles. The van der Waals surface area contributed by atoms with Crippen molar-refractivity contribution in [2.75, 3.05) is 175 Å². The van der Waals surface area contributed by atoms with Crippen LogP contribution in [0.1, 0.15) is 133 Å². The van der Waals surface area contributed by atoms with E-state index in [4.69, 9.17) is 84.3 Å². The molecular formula is C103H139Cl4I4N9O13. The number of benzene rings is 8. The zero-order chi connectivity index (χ0) is 96.3. The average molecular weight is 2340 g/mol. The number of nitrogens with one attached hydrogen (secondary N) is 3. The van der Waals surface area contributed by atoms with E-state index in [0.717, 1.165) is 135 Å². The van der Waals surface area contributed by atoms with E-state index in [1.54, 1.807) is 0 Å². The predicted octanol–water partition coefficient (Wildman–Crippen LogP) is 17.9. The highest BCUT2D eigenvalue weighted by atomic mass is 123. The lowest BCUT2D eigenvalue weighted by Gasteiger charge is -2.29. The van der Waals surface area contributed by atoms with Crippen molar-refractivity contribution in [3.63, 3.8) is 0 Å². The fourth-order valence-electron chi connectivity index (χ4n) is 15.0. The minimum atomic E-state index is -0.785. The first-order valence-electron chi connectivity index (χ1n) is 46.0. The van der Waals surface area contributed by atoms with Gasteiger partial charge in [0.1, 0.15) is 101 Å². The summed E-state index contributed by atoms with van der Waals surface area (Å²) in [5.41, 5.74) is 9.50. The summed E-state index contributed by atoms with van der Waals surface area (Å²) >= 11 is 32.5. The molecule has 0 amide bonds. The van der Waals surface area contributed by atoms with E-state index in [9.17, 15) is 25.5 Å². The highest BCUT2D eigenvalue weighted by molar-refractivity contribution is 14.1. The Labute approximate surface area is 864 Å². The minimum Gasteiger partial charge on any atom is -0.493 e. The lowest BCUT2D eigenvalue weighted by atomic mass is 9.78. The molecule has 0 aliphatic carbocycles. The maximum Gasteiger partial charge on any atom is 0.149 e. The summed E-state index contributed by atoms with van der Waals surface area (Å²) in [5, 5.41) is 68.5. The van der Waals surface area contributed by atoms with E-state index in [-0.39, 0.29) is 41.4 Å². The summed E-state index contributed by atoms with van der Waals surface area (Å²) < 4.78 is 52.3. The number of nitrogens with zero attached hydrogens (tertiary/aromatic N) is 6. The number of alkyl halides is 4. The zero-order valence-corrected chi connectivity index (χ0v) is 90.7. The molecule has 133 heavy (non-hydrogen) atoms. The molecule has 3 aliphatic heterocycles. The lowest BCUT2D eigenvalue weighted by molar-refractivity contribution is 0.0640. The Morgan fingerprint density at radius 1 is 0.323 bits per heavy atom. The van der Waals surface area contributed by atoms with E-state index in [2.05, 4.69) is 295 Å².